The molecular formula is C10H9ClN2O. The molecule has 0 saturated heterocycles. The number of methoxy groups -OCH3 is 1. The zero-order valence-electron chi connectivity index (χ0n) is 7.62. The molecule has 0 bridgehead atoms. The molecule has 0 saturated carbocycles. The molecule has 1 aromatic carbocycles. The average molecular weight is 209 g/mol. The second kappa shape index (κ2) is 3.72. The largest absolute Gasteiger partial charge is 0.495 e. The van der Waals surface area contributed by atoms with Gasteiger partial charge in [-0.05, 0) is 17.7 Å². The Bertz CT molecular complexity index is 426. The van der Waals surface area contributed by atoms with Gasteiger partial charge in [-0.1, -0.05) is 17.7 Å². The van der Waals surface area contributed by atoms with Crippen molar-refractivity contribution >= 4 is 11.6 Å². The third-order valence-corrected chi connectivity index (χ3v) is 2.29. The van der Waals surface area contributed by atoms with Crippen LogP contribution in [0, 0.1) is 0 Å². The van der Waals surface area contributed by atoms with Gasteiger partial charge in [-0.15, -0.1) is 0 Å². The Hall–Kier alpha value is -1.48. The Morgan fingerprint density at radius 2 is 2.21 bits per heavy atom. The molecule has 0 spiro atoms. The monoisotopic (exact) mass is 208 g/mol. The van der Waals surface area contributed by atoms with E-state index in [-0.39, 0.29) is 0 Å². The lowest BCUT2D eigenvalue weighted by atomic mass is 10.1. The maximum atomic E-state index is 5.91. The van der Waals surface area contributed by atoms with Gasteiger partial charge in [0.2, 0.25) is 0 Å². The van der Waals surface area contributed by atoms with Crippen molar-refractivity contribution in [1.29, 1.82) is 0 Å². The predicted molar refractivity (Wildman–Crippen MR) is 55.6 cm³/mol. The van der Waals surface area contributed by atoms with E-state index in [0.717, 1.165) is 11.1 Å². The highest BCUT2D eigenvalue weighted by molar-refractivity contribution is 6.32. The molecule has 4 heteroatoms. The van der Waals surface area contributed by atoms with Crippen molar-refractivity contribution in [3.05, 3.63) is 35.6 Å². The summed E-state index contributed by atoms with van der Waals surface area (Å²) in [6.45, 7) is 0. The highest BCUT2D eigenvalue weighted by Crippen LogP contribution is 2.29. The molecule has 1 aromatic heterocycles. The quantitative estimate of drug-likeness (QED) is 0.824. The number of nitrogens with zero attached hydrogens (tertiary/aromatic N) is 1. The fourth-order valence-electron chi connectivity index (χ4n) is 1.25. The lowest BCUT2D eigenvalue weighted by molar-refractivity contribution is 0.415. The first-order valence-electron chi connectivity index (χ1n) is 4.14. The van der Waals surface area contributed by atoms with Crippen LogP contribution in [0.5, 0.6) is 5.75 Å². The number of benzene rings is 1. The van der Waals surface area contributed by atoms with Crippen molar-refractivity contribution in [1.82, 2.24) is 10.2 Å². The van der Waals surface area contributed by atoms with E-state index in [1.807, 2.05) is 24.4 Å². The van der Waals surface area contributed by atoms with Crippen molar-refractivity contribution < 1.29 is 4.74 Å². The summed E-state index contributed by atoms with van der Waals surface area (Å²) in [6, 6.07) is 5.62. The summed E-state index contributed by atoms with van der Waals surface area (Å²) in [5.74, 6) is 0.672. The van der Waals surface area contributed by atoms with Crippen LogP contribution in [-0.2, 0) is 0 Å². The molecular weight excluding hydrogens is 200 g/mol. The van der Waals surface area contributed by atoms with Crippen LogP contribution in [0.25, 0.3) is 11.1 Å². The minimum atomic E-state index is 0.611. The Balaban J connectivity index is 2.46. The average Bonchev–Trinajstić information content (AvgIpc) is 2.71. The molecule has 0 fully saturated rings. The third-order valence-electron chi connectivity index (χ3n) is 1.98. The normalized spacial score (nSPS) is 10.1. The van der Waals surface area contributed by atoms with Crippen LogP contribution >= 0.6 is 11.6 Å². The summed E-state index contributed by atoms with van der Waals surface area (Å²) in [6.07, 6.45) is 3.57. The summed E-state index contributed by atoms with van der Waals surface area (Å²) >= 11 is 5.91. The number of hydrogen-bond acceptors (Lipinski definition) is 2. The van der Waals surface area contributed by atoms with E-state index in [1.54, 1.807) is 13.3 Å². The van der Waals surface area contributed by atoms with E-state index in [2.05, 4.69) is 10.2 Å². The van der Waals surface area contributed by atoms with Gasteiger partial charge < -0.3 is 4.74 Å². The second-order valence-electron chi connectivity index (χ2n) is 2.84. The maximum absolute atomic E-state index is 5.91. The summed E-state index contributed by atoms with van der Waals surface area (Å²) < 4.78 is 5.12. The van der Waals surface area contributed by atoms with Crippen LogP contribution < -0.4 is 4.74 Å². The smallest absolute Gasteiger partial charge is 0.138 e. The molecule has 0 aliphatic heterocycles. The van der Waals surface area contributed by atoms with E-state index >= 15 is 0 Å². The first kappa shape index (κ1) is 9.09. The van der Waals surface area contributed by atoms with E-state index in [9.17, 15) is 0 Å². The number of ether oxygens (including phenoxy) is 1. The molecule has 0 amide bonds. The number of hydrogen-bond donors (Lipinski definition) is 1. The van der Waals surface area contributed by atoms with E-state index in [0.29, 0.717) is 10.8 Å². The number of rotatable bonds is 2. The summed E-state index contributed by atoms with van der Waals surface area (Å²) in [7, 11) is 1.60. The minimum absolute atomic E-state index is 0.611. The fraction of sp³-hybridized carbons (Fsp3) is 0.100. The van der Waals surface area contributed by atoms with Gasteiger partial charge in [0.25, 0.3) is 0 Å². The van der Waals surface area contributed by atoms with Crippen LogP contribution in [0.4, 0.5) is 0 Å². The Labute approximate surface area is 86.7 Å². The minimum Gasteiger partial charge on any atom is -0.495 e. The highest BCUT2D eigenvalue weighted by Gasteiger charge is 2.04. The van der Waals surface area contributed by atoms with Crippen molar-refractivity contribution in [2.75, 3.05) is 7.11 Å². The molecule has 1 heterocycles. The fourth-order valence-corrected chi connectivity index (χ4v) is 1.44. The lowest BCUT2D eigenvalue weighted by Gasteiger charge is -2.04. The molecule has 3 nitrogen and oxygen atoms in total. The second-order valence-corrected chi connectivity index (χ2v) is 3.24. The molecule has 1 N–H and O–H groups in total. The van der Waals surface area contributed by atoms with E-state index < -0.39 is 0 Å². The third kappa shape index (κ3) is 1.59. The van der Waals surface area contributed by atoms with E-state index in [1.165, 1.54) is 0 Å². The maximum Gasteiger partial charge on any atom is 0.138 e. The Morgan fingerprint density at radius 3 is 2.86 bits per heavy atom. The number of H-pyrrole nitrogens is 1. The summed E-state index contributed by atoms with van der Waals surface area (Å²) in [4.78, 5) is 0. The van der Waals surface area contributed by atoms with Gasteiger partial charge in [0, 0.05) is 11.8 Å². The van der Waals surface area contributed by atoms with Crippen LogP contribution in [-0.4, -0.2) is 17.3 Å². The summed E-state index contributed by atoms with van der Waals surface area (Å²) in [5, 5.41) is 7.25. The lowest BCUT2D eigenvalue weighted by Crippen LogP contribution is -1.84. The van der Waals surface area contributed by atoms with Crippen molar-refractivity contribution in [2.24, 2.45) is 0 Å². The molecule has 2 aromatic rings. The summed E-state index contributed by atoms with van der Waals surface area (Å²) in [5.41, 5.74) is 2.04. The van der Waals surface area contributed by atoms with Crippen molar-refractivity contribution in [2.45, 2.75) is 0 Å². The van der Waals surface area contributed by atoms with Gasteiger partial charge in [-0.25, -0.2) is 0 Å². The standard InChI is InChI=1S/C10H9ClN2O/c1-14-10-4-7(2-3-9(10)11)8-5-12-13-6-8/h2-6H,1H3,(H,12,13). The SMILES string of the molecule is COc1cc(-c2cn[nH]c2)ccc1Cl. The first-order valence-corrected chi connectivity index (χ1v) is 4.52. The Morgan fingerprint density at radius 1 is 1.36 bits per heavy atom. The number of halogens is 1. The molecule has 0 atom stereocenters. The zero-order valence-corrected chi connectivity index (χ0v) is 8.38. The first-order chi connectivity index (χ1) is 6.81. The van der Waals surface area contributed by atoms with Gasteiger partial charge in [0.05, 0.1) is 18.3 Å². The molecule has 0 radical (unpaired) electrons. The number of aromatic nitrogens is 2. The Kier molecular flexibility index (Phi) is 2.41. The van der Waals surface area contributed by atoms with Gasteiger partial charge in [-0.2, -0.15) is 5.10 Å². The van der Waals surface area contributed by atoms with Crippen molar-refractivity contribution in [3.63, 3.8) is 0 Å². The van der Waals surface area contributed by atoms with Gasteiger partial charge in [0.15, 0.2) is 0 Å². The van der Waals surface area contributed by atoms with Crippen LogP contribution in [0.2, 0.25) is 5.02 Å². The molecule has 72 valence electrons. The van der Waals surface area contributed by atoms with Gasteiger partial charge in [-0.3, -0.25) is 5.10 Å². The van der Waals surface area contributed by atoms with Crippen LogP contribution in [0.3, 0.4) is 0 Å². The molecule has 0 unspecified atom stereocenters. The highest BCUT2D eigenvalue weighted by atomic mass is 35.5. The van der Waals surface area contributed by atoms with E-state index in [4.69, 9.17) is 16.3 Å². The van der Waals surface area contributed by atoms with Crippen molar-refractivity contribution in [3.8, 4) is 16.9 Å². The van der Waals surface area contributed by atoms with Crippen LogP contribution in [0.15, 0.2) is 30.6 Å². The van der Waals surface area contributed by atoms with Gasteiger partial charge >= 0.3 is 0 Å². The molecule has 0 aliphatic rings. The molecule has 14 heavy (non-hydrogen) atoms. The predicted octanol–water partition coefficient (Wildman–Crippen LogP) is 2.74. The zero-order chi connectivity index (χ0) is 9.97. The number of nitrogens with one attached hydrogen (secondary N) is 1. The molecule has 2 rings (SSSR count). The molecule has 0 aliphatic carbocycles. The van der Waals surface area contributed by atoms with Crippen LogP contribution in [0.1, 0.15) is 0 Å². The topological polar surface area (TPSA) is 37.9 Å². The van der Waals surface area contributed by atoms with Gasteiger partial charge in [0.1, 0.15) is 5.75 Å². The number of aromatic amines is 1.